The van der Waals surface area contributed by atoms with Crippen LogP contribution in [0.4, 0.5) is 0 Å². The van der Waals surface area contributed by atoms with E-state index in [-0.39, 0.29) is 6.04 Å². The van der Waals surface area contributed by atoms with E-state index in [4.69, 9.17) is 5.73 Å². The van der Waals surface area contributed by atoms with Gasteiger partial charge in [-0.05, 0) is 36.8 Å². The Balaban J connectivity index is 2.19. The first kappa shape index (κ1) is 13.2. The first-order chi connectivity index (χ1) is 8.70. The first-order valence-corrected chi connectivity index (χ1v) is 7.37. The van der Waals surface area contributed by atoms with E-state index in [9.17, 15) is 0 Å². The molecule has 0 aliphatic heterocycles. The van der Waals surface area contributed by atoms with Crippen molar-refractivity contribution in [2.75, 3.05) is 6.26 Å². The second-order valence-corrected chi connectivity index (χ2v) is 5.39. The zero-order chi connectivity index (χ0) is 13.0. The molecule has 0 aromatic heterocycles. The molecular weight excluding hydrogens is 238 g/mol. The minimum absolute atomic E-state index is 0.0652. The standard InChI is InChI=1S/C16H19NS/c1-12-6-5-7-13(10-12)11-15(17)14-8-3-4-9-16(14)18-2/h3-10,15H,11,17H2,1-2H3. The molecule has 2 heteroatoms. The average Bonchev–Trinajstić information content (AvgIpc) is 2.38. The summed E-state index contributed by atoms with van der Waals surface area (Å²) in [5.41, 5.74) is 10.2. The molecular formula is C16H19NS. The third-order valence-electron chi connectivity index (χ3n) is 3.08. The largest absolute Gasteiger partial charge is 0.324 e. The molecule has 0 heterocycles. The van der Waals surface area contributed by atoms with Crippen LogP contribution in [0.25, 0.3) is 0 Å². The highest BCUT2D eigenvalue weighted by molar-refractivity contribution is 7.98. The van der Waals surface area contributed by atoms with Crippen LogP contribution < -0.4 is 5.73 Å². The lowest BCUT2D eigenvalue weighted by Gasteiger charge is -2.15. The highest BCUT2D eigenvalue weighted by Gasteiger charge is 2.10. The number of aryl methyl sites for hydroxylation is 1. The smallest absolute Gasteiger partial charge is 0.0346 e. The fraction of sp³-hybridized carbons (Fsp3) is 0.250. The highest BCUT2D eigenvalue weighted by Crippen LogP contribution is 2.26. The van der Waals surface area contributed by atoms with Gasteiger partial charge in [0.25, 0.3) is 0 Å². The molecule has 0 radical (unpaired) electrons. The monoisotopic (exact) mass is 257 g/mol. The molecule has 0 bridgehead atoms. The van der Waals surface area contributed by atoms with Gasteiger partial charge in [0.15, 0.2) is 0 Å². The van der Waals surface area contributed by atoms with E-state index >= 15 is 0 Å². The highest BCUT2D eigenvalue weighted by atomic mass is 32.2. The molecule has 0 saturated heterocycles. The molecule has 18 heavy (non-hydrogen) atoms. The van der Waals surface area contributed by atoms with Gasteiger partial charge in [0, 0.05) is 10.9 Å². The van der Waals surface area contributed by atoms with E-state index in [1.807, 2.05) is 0 Å². The topological polar surface area (TPSA) is 26.0 Å². The van der Waals surface area contributed by atoms with Gasteiger partial charge in [-0.15, -0.1) is 11.8 Å². The van der Waals surface area contributed by atoms with Crippen LogP contribution in [0.15, 0.2) is 53.4 Å². The zero-order valence-corrected chi connectivity index (χ0v) is 11.7. The molecule has 1 nitrogen and oxygen atoms in total. The number of nitrogens with two attached hydrogens (primary N) is 1. The second-order valence-electron chi connectivity index (χ2n) is 4.54. The molecule has 0 fully saturated rings. The normalized spacial score (nSPS) is 12.4. The van der Waals surface area contributed by atoms with Gasteiger partial charge in [-0.25, -0.2) is 0 Å². The van der Waals surface area contributed by atoms with Crippen molar-refractivity contribution in [2.45, 2.75) is 24.3 Å². The Morgan fingerprint density at radius 3 is 2.61 bits per heavy atom. The van der Waals surface area contributed by atoms with Crippen LogP contribution in [0.2, 0.25) is 0 Å². The van der Waals surface area contributed by atoms with Gasteiger partial charge in [0.2, 0.25) is 0 Å². The molecule has 1 atom stereocenters. The lowest BCUT2D eigenvalue weighted by atomic mass is 9.99. The summed E-state index contributed by atoms with van der Waals surface area (Å²) in [7, 11) is 0. The van der Waals surface area contributed by atoms with E-state index in [1.165, 1.54) is 21.6 Å². The molecule has 0 saturated carbocycles. The number of hydrogen-bond acceptors (Lipinski definition) is 2. The maximum absolute atomic E-state index is 6.34. The Morgan fingerprint density at radius 1 is 1.11 bits per heavy atom. The fourth-order valence-corrected chi connectivity index (χ4v) is 2.85. The van der Waals surface area contributed by atoms with E-state index in [0.29, 0.717) is 0 Å². The summed E-state index contributed by atoms with van der Waals surface area (Å²) in [4.78, 5) is 1.28. The number of rotatable bonds is 4. The first-order valence-electron chi connectivity index (χ1n) is 6.14. The number of benzene rings is 2. The molecule has 0 amide bonds. The van der Waals surface area contributed by atoms with Crippen LogP contribution >= 0.6 is 11.8 Å². The predicted molar refractivity (Wildman–Crippen MR) is 80.0 cm³/mol. The minimum atomic E-state index is 0.0652. The van der Waals surface area contributed by atoms with Gasteiger partial charge >= 0.3 is 0 Å². The van der Waals surface area contributed by atoms with E-state index in [2.05, 4.69) is 61.7 Å². The molecule has 0 spiro atoms. The molecule has 2 aromatic rings. The summed E-state index contributed by atoms with van der Waals surface area (Å²) in [6, 6.07) is 17.0. The quantitative estimate of drug-likeness (QED) is 0.839. The molecule has 1 unspecified atom stereocenters. The van der Waals surface area contributed by atoms with Crippen molar-refractivity contribution in [3.63, 3.8) is 0 Å². The SMILES string of the molecule is CSc1ccccc1C(N)Cc1cccc(C)c1. The summed E-state index contributed by atoms with van der Waals surface area (Å²) in [6.45, 7) is 2.12. The number of hydrogen-bond donors (Lipinski definition) is 1. The van der Waals surface area contributed by atoms with E-state index in [0.717, 1.165) is 6.42 Å². The Bertz CT molecular complexity index is 522. The van der Waals surface area contributed by atoms with Gasteiger partial charge in [0.1, 0.15) is 0 Å². The van der Waals surface area contributed by atoms with Crippen LogP contribution in [0.3, 0.4) is 0 Å². The Labute approximate surface area is 113 Å². The number of thioether (sulfide) groups is 1. The van der Waals surface area contributed by atoms with Gasteiger partial charge in [0.05, 0.1) is 0 Å². The van der Waals surface area contributed by atoms with E-state index < -0.39 is 0 Å². The third kappa shape index (κ3) is 3.15. The summed E-state index contributed by atoms with van der Waals surface area (Å²) < 4.78 is 0. The summed E-state index contributed by atoms with van der Waals surface area (Å²) in [5.74, 6) is 0. The van der Waals surface area contributed by atoms with Crippen molar-refractivity contribution < 1.29 is 0 Å². The van der Waals surface area contributed by atoms with Crippen LogP contribution in [-0.2, 0) is 6.42 Å². The summed E-state index contributed by atoms with van der Waals surface area (Å²) in [6.07, 6.45) is 2.98. The van der Waals surface area contributed by atoms with Gasteiger partial charge in [-0.2, -0.15) is 0 Å². The second kappa shape index (κ2) is 6.07. The van der Waals surface area contributed by atoms with Crippen molar-refractivity contribution in [3.8, 4) is 0 Å². The molecule has 0 aliphatic carbocycles. The predicted octanol–water partition coefficient (Wildman–Crippen LogP) is 3.96. The summed E-state index contributed by atoms with van der Waals surface area (Å²) in [5, 5.41) is 0. The molecule has 94 valence electrons. The zero-order valence-electron chi connectivity index (χ0n) is 10.9. The molecule has 2 aromatic carbocycles. The third-order valence-corrected chi connectivity index (χ3v) is 3.89. The van der Waals surface area contributed by atoms with Crippen LogP contribution in [0, 0.1) is 6.92 Å². The lowest BCUT2D eigenvalue weighted by Crippen LogP contribution is -2.14. The van der Waals surface area contributed by atoms with Crippen molar-refractivity contribution in [2.24, 2.45) is 5.73 Å². The van der Waals surface area contributed by atoms with Crippen LogP contribution in [0.5, 0.6) is 0 Å². The fourth-order valence-electron chi connectivity index (χ4n) is 2.18. The maximum Gasteiger partial charge on any atom is 0.0346 e. The van der Waals surface area contributed by atoms with Gasteiger partial charge in [-0.1, -0.05) is 48.0 Å². The Kier molecular flexibility index (Phi) is 4.45. The molecule has 2 N–H and O–H groups in total. The van der Waals surface area contributed by atoms with Crippen LogP contribution in [0.1, 0.15) is 22.7 Å². The van der Waals surface area contributed by atoms with E-state index in [1.54, 1.807) is 11.8 Å². The Morgan fingerprint density at radius 2 is 1.89 bits per heavy atom. The molecule has 2 rings (SSSR count). The van der Waals surface area contributed by atoms with Crippen LogP contribution in [-0.4, -0.2) is 6.26 Å². The minimum Gasteiger partial charge on any atom is -0.324 e. The van der Waals surface area contributed by atoms with Crippen molar-refractivity contribution >= 4 is 11.8 Å². The lowest BCUT2D eigenvalue weighted by molar-refractivity contribution is 0.707. The maximum atomic E-state index is 6.34. The average molecular weight is 257 g/mol. The van der Waals surface area contributed by atoms with Gasteiger partial charge in [-0.3, -0.25) is 0 Å². The van der Waals surface area contributed by atoms with Crippen molar-refractivity contribution in [1.29, 1.82) is 0 Å². The Hall–Kier alpha value is -1.25. The van der Waals surface area contributed by atoms with Gasteiger partial charge < -0.3 is 5.73 Å². The summed E-state index contributed by atoms with van der Waals surface area (Å²) >= 11 is 1.76. The van der Waals surface area contributed by atoms with Crippen molar-refractivity contribution in [3.05, 3.63) is 65.2 Å². The van der Waals surface area contributed by atoms with Crippen molar-refractivity contribution in [1.82, 2.24) is 0 Å². The molecule has 0 aliphatic rings.